The van der Waals surface area contributed by atoms with E-state index in [2.05, 4.69) is 30.8 Å². The molecule has 0 atom stereocenters. The first-order chi connectivity index (χ1) is 11.6. The summed E-state index contributed by atoms with van der Waals surface area (Å²) in [6, 6.07) is 6.86. The SMILES string of the molecule is CCC(C)(C)C1CCC(NC(=O)c2ccccc2NS(C)(=O)=O)CC1. The molecule has 2 rings (SSSR count). The fourth-order valence-corrected chi connectivity index (χ4v) is 4.12. The molecule has 1 saturated carbocycles. The van der Waals surface area contributed by atoms with Crippen LogP contribution >= 0.6 is 0 Å². The molecule has 1 aliphatic carbocycles. The highest BCUT2D eigenvalue weighted by Crippen LogP contribution is 2.40. The Morgan fingerprint density at radius 3 is 2.32 bits per heavy atom. The first-order valence-corrected chi connectivity index (χ1v) is 10.9. The van der Waals surface area contributed by atoms with Gasteiger partial charge in [0, 0.05) is 6.04 Å². The second-order valence-corrected chi connectivity index (χ2v) is 9.53. The summed E-state index contributed by atoms with van der Waals surface area (Å²) in [7, 11) is -3.42. The number of amides is 1. The Labute approximate surface area is 151 Å². The number of carbonyl (C=O) groups excluding carboxylic acids is 1. The third-order valence-electron chi connectivity index (χ3n) is 5.55. The summed E-state index contributed by atoms with van der Waals surface area (Å²) in [4.78, 5) is 12.6. The van der Waals surface area contributed by atoms with Gasteiger partial charge in [-0.25, -0.2) is 8.42 Å². The molecule has 2 N–H and O–H groups in total. The minimum absolute atomic E-state index is 0.155. The standard InChI is InChI=1S/C19H30N2O3S/c1-5-19(2,3)14-10-12-15(13-11-14)20-18(22)16-8-6-7-9-17(16)21-25(4,23)24/h6-9,14-15,21H,5,10-13H2,1-4H3,(H,20,22). The largest absolute Gasteiger partial charge is 0.349 e. The lowest BCUT2D eigenvalue weighted by Crippen LogP contribution is -2.40. The number of rotatable bonds is 6. The minimum atomic E-state index is -3.42. The van der Waals surface area contributed by atoms with Crippen molar-refractivity contribution in [1.82, 2.24) is 5.32 Å². The average Bonchev–Trinajstić information content (AvgIpc) is 2.54. The van der Waals surface area contributed by atoms with Gasteiger partial charge < -0.3 is 5.32 Å². The Morgan fingerprint density at radius 1 is 1.16 bits per heavy atom. The van der Waals surface area contributed by atoms with E-state index in [0.29, 0.717) is 22.6 Å². The fourth-order valence-electron chi connectivity index (χ4n) is 3.54. The topological polar surface area (TPSA) is 75.3 Å². The predicted molar refractivity (Wildman–Crippen MR) is 102 cm³/mol. The first kappa shape index (κ1) is 19.8. The van der Waals surface area contributed by atoms with Crippen molar-refractivity contribution in [2.75, 3.05) is 11.0 Å². The van der Waals surface area contributed by atoms with Crippen LogP contribution in [0.4, 0.5) is 5.69 Å². The van der Waals surface area contributed by atoms with Crippen molar-refractivity contribution >= 4 is 21.6 Å². The van der Waals surface area contributed by atoms with Crippen LogP contribution in [0.15, 0.2) is 24.3 Å². The molecule has 25 heavy (non-hydrogen) atoms. The van der Waals surface area contributed by atoms with Crippen LogP contribution in [0.3, 0.4) is 0 Å². The molecular formula is C19H30N2O3S. The van der Waals surface area contributed by atoms with Crippen molar-refractivity contribution in [1.29, 1.82) is 0 Å². The summed E-state index contributed by atoms with van der Waals surface area (Å²) in [5.74, 6) is 0.481. The van der Waals surface area contributed by atoms with Crippen LogP contribution in [0, 0.1) is 11.3 Å². The number of anilines is 1. The predicted octanol–water partition coefficient (Wildman–Crippen LogP) is 3.78. The zero-order valence-electron chi connectivity index (χ0n) is 15.6. The highest BCUT2D eigenvalue weighted by atomic mass is 32.2. The van der Waals surface area contributed by atoms with Crippen LogP contribution < -0.4 is 10.0 Å². The number of benzene rings is 1. The smallest absolute Gasteiger partial charge is 0.253 e. The zero-order valence-corrected chi connectivity index (χ0v) is 16.4. The van der Waals surface area contributed by atoms with Gasteiger partial charge in [0.25, 0.3) is 5.91 Å². The third-order valence-corrected chi connectivity index (χ3v) is 6.14. The molecule has 1 aromatic rings. The summed E-state index contributed by atoms with van der Waals surface area (Å²) in [6.07, 6.45) is 6.44. The van der Waals surface area contributed by atoms with Gasteiger partial charge >= 0.3 is 0 Å². The summed E-state index contributed by atoms with van der Waals surface area (Å²) in [6.45, 7) is 6.88. The van der Waals surface area contributed by atoms with E-state index in [1.165, 1.54) is 6.42 Å². The van der Waals surface area contributed by atoms with Crippen LogP contribution in [0.5, 0.6) is 0 Å². The van der Waals surface area contributed by atoms with E-state index >= 15 is 0 Å². The highest BCUT2D eigenvalue weighted by molar-refractivity contribution is 7.92. The second kappa shape index (κ2) is 7.77. The summed E-state index contributed by atoms with van der Waals surface area (Å²) >= 11 is 0. The van der Waals surface area contributed by atoms with Crippen molar-refractivity contribution in [2.24, 2.45) is 11.3 Å². The Bertz CT molecular complexity index is 705. The quantitative estimate of drug-likeness (QED) is 0.804. The Morgan fingerprint density at radius 2 is 1.76 bits per heavy atom. The molecule has 1 amide bonds. The van der Waals surface area contributed by atoms with E-state index < -0.39 is 10.0 Å². The van der Waals surface area contributed by atoms with Crippen molar-refractivity contribution in [3.63, 3.8) is 0 Å². The van der Waals surface area contributed by atoms with Crippen molar-refractivity contribution in [3.8, 4) is 0 Å². The summed E-state index contributed by atoms with van der Waals surface area (Å²) in [5.41, 5.74) is 1.04. The van der Waals surface area contributed by atoms with Gasteiger partial charge in [-0.3, -0.25) is 9.52 Å². The van der Waals surface area contributed by atoms with Gasteiger partial charge in [0.15, 0.2) is 0 Å². The number of hydrogen-bond acceptors (Lipinski definition) is 3. The number of nitrogens with one attached hydrogen (secondary N) is 2. The molecule has 1 fully saturated rings. The molecule has 0 spiro atoms. The van der Waals surface area contributed by atoms with Crippen molar-refractivity contribution < 1.29 is 13.2 Å². The highest BCUT2D eigenvalue weighted by Gasteiger charge is 2.32. The molecule has 6 heteroatoms. The number of hydrogen-bond donors (Lipinski definition) is 2. The van der Waals surface area contributed by atoms with Crippen molar-refractivity contribution in [2.45, 2.75) is 58.9 Å². The lowest BCUT2D eigenvalue weighted by Gasteiger charge is -2.39. The second-order valence-electron chi connectivity index (χ2n) is 7.78. The van der Waals surface area contributed by atoms with Crippen LogP contribution in [0.2, 0.25) is 0 Å². The Balaban J connectivity index is 2.00. The molecule has 0 unspecified atom stereocenters. The van der Waals surface area contributed by atoms with Crippen LogP contribution in [-0.2, 0) is 10.0 Å². The molecule has 1 aliphatic rings. The monoisotopic (exact) mass is 366 g/mol. The van der Waals surface area contributed by atoms with Gasteiger partial charge in [-0.15, -0.1) is 0 Å². The van der Waals surface area contributed by atoms with Gasteiger partial charge in [-0.2, -0.15) is 0 Å². The third kappa shape index (κ3) is 5.46. The van der Waals surface area contributed by atoms with Crippen LogP contribution in [-0.4, -0.2) is 26.6 Å². The van der Waals surface area contributed by atoms with E-state index in [1.807, 2.05) is 0 Å². The fraction of sp³-hybridized carbons (Fsp3) is 0.632. The molecule has 0 radical (unpaired) electrons. The lowest BCUT2D eigenvalue weighted by atomic mass is 9.69. The molecule has 1 aromatic carbocycles. The van der Waals surface area contributed by atoms with E-state index in [-0.39, 0.29) is 11.9 Å². The van der Waals surface area contributed by atoms with Gasteiger partial charge in [-0.1, -0.05) is 39.3 Å². The van der Waals surface area contributed by atoms with Gasteiger partial charge in [-0.05, 0) is 49.1 Å². The number of carbonyl (C=O) groups is 1. The molecule has 5 nitrogen and oxygen atoms in total. The maximum atomic E-state index is 12.6. The van der Waals surface area contributed by atoms with E-state index in [9.17, 15) is 13.2 Å². The van der Waals surface area contributed by atoms with Gasteiger partial charge in [0.1, 0.15) is 0 Å². The van der Waals surface area contributed by atoms with Gasteiger partial charge in [0.05, 0.1) is 17.5 Å². The summed E-state index contributed by atoms with van der Waals surface area (Å²) in [5, 5.41) is 3.08. The van der Waals surface area contributed by atoms with Crippen LogP contribution in [0.1, 0.15) is 63.2 Å². The molecule has 0 aliphatic heterocycles. The number of sulfonamides is 1. The maximum absolute atomic E-state index is 12.6. The molecule has 0 saturated heterocycles. The van der Waals surface area contributed by atoms with E-state index in [4.69, 9.17) is 0 Å². The average molecular weight is 367 g/mol. The summed E-state index contributed by atoms with van der Waals surface area (Å²) < 4.78 is 25.4. The first-order valence-electron chi connectivity index (χ1n) is 9.00. The maximum Gasteiger partial charge on any atom is 0.253 e. The Kier molecular flexibility index (Phi) is 6.14. The van der Waals surface area contributed by atoms with Crippen molar-refractivity contribution in [3.05, 3.63) is 29.8 Å². The number of para-hydroxylation sites is 1. The minimum Gasteiger partial charge on any atom is -0.349 e. The zero-order chi connectivity index (χ0) is 18.7. The Hall–Kier alpha value is -1.56. The normalized spacial score (nSPS) is 21.6. The van der Waals surface area contributed by atoms with Gasteiger partial charge in [0.2, 0.25) is 10.0 Å². The lowest BCUT2D eigenvalue weighted by molar-refractivity contribution is 0.0894. The van der Waals surface area contributed by atoms with E-state index in [1.54, 1.807) is 24.3 Å². The van der Waals surface area contributed by atoms with E-state index in [0.717, 1.165) is 31.9 Å². The molecular weight excluding hydrogens is 336 g/mol. The molecule has 140 valence electrons. The van der Waals surface area contributed by atoms with Crippen LogP contribution in [0.25, 0.3) is 0 Å². The molecule has 0 bridgehead atoms. The molecule has 0 aromatic heterocycles. The molecule has 0 heterocycles.